The van der Waals surface area contributed by atoms with Crippen LogP contribution >= 0.6 is 0 Å². The fourth-order valence-corrected chi connectivity index (χ4v) is 3.25. The maximum atomic E-state index is 13.0. The summed E-state index contributed by atoms with van der Waals surface area (Å²) in [6.07, 6.45) is 5.13. The fourth-order valence-electron chi connectivity index (χ4n) is 3.25. The van der Waals surface area contributed by atoms with Crippen molar-refractivity contribution in [1.29, 1.82) is 0 Å². The minimum Gasteiger partial charge on any atom is -0.340 e. The Hall–Kier alpha value is -2.74. The number of anilines is 1. The summed E-state index contributed by atoms with van der Waals surface area (Å²) in [5.41, 5.74) is 2.17. The van der Waals surface area contributed by atoms with E-state index in [2.05, 4.69) is 20.3 Å². The van der Waals surface area contributed by atoms with Crippen molar-refractivity contribution in [3.05, 3.63) is 46.6 Å². The third kappa shape index (κ3) is 2.89. The maximum absolute atomic E-state index is 13.0. The van der Waals surface area contributed by atoms with Crippen molar-refractivity contribution in [2.45, 2.75) is 20.0 Å². The van der Waals surface area contributed by atoms with Crippen molar-refractivity contribution >= 4 is 17.0 Å². The number of nitrogens with zero attached hydrogens (tertiary/aromatic N) is 6. The zero-order valence-electron chi connectivity index (χ0n) is 14.2. The lowest BCUT2D eigenvalue weighted by Crippen LogP contribution is -2.44. The normalized spacial score (nSPS) is 15.0. The van der Waals surface area contributed by atoms with E-state index in [1.54, 1.807) is 18.6 Å². The first-order chi connectivity index (χ1) is 12.3. The molecule has 1 fully saturated rings. The summed E-state index contributed by atoms with van der Waals surface area (Å²) in [7, 11) is 0. The van der Waals surface area contributed by atoms with E-state index >= 15 is 0 Å². The van der Waals surface area contributed by atoms with Crippen LogP contribution in [0.5, 0.6) is 0 Å². The SMILES string of the molecule is CCn1c(N2CCNCC2)nc2cnn(Cc3ccncc3)c(=O)c21. The monoisotopic (exact) mass is 339 g/mol. The summed E-state index contributed by atoms with van der Waals surface area (Å²) in [4.78, 5) is 23.9. The molecule has 3 aromatic heterocycles. The average Bonchev–Trinajstić information content (AvgIpc) is 3.05. The molecule has 0 unspecified atom stereocenters. The summed E-state index contributed by atoms with van der Waals surface area (Å²) < 4.78 is 3.50. The zero-order valence-corrected chi connectivity index (χ0v) is 14.2. The number of hydrogen-bond donors (Lipinski definition) is 1. The molecule has 4 heterocycles. The molecule has 0 spiro atoms. The van der Waals surface area contributed by atoms with E-state index in [9.17, 15) is 4.79 Å². The molecule has 1 aliphatic rings. The lowest BCUT2D eigenvalue weighted by molar-refractivity contribution is 0.569. The molecule has 0 aromatic carbocycles. The van der Waals surface area contributed by atoms with Crippen LogP contribution in [-0.2, 0) is 13.1 Å². The Bertz CT molecular complexity index is 925. The minimum atomic E-state index is -0.106. The van der Waals surface area contributed by atoms with Crippen LogP contribution in [0.4, 0.5) is 5.95 Å². The molecule has 8 heteroatoms. The third-order valence-corrected chi connectivity index (χ3v) is 4.53. The van der Waals surface area contributed by atoms with Gasteiger partial charge in [-0.2, -0.15) is 5.10 Å². The molecule has 0 aliphatic carbocycles. The largest absolute Gasteiger partial charge is 0.340 e. The zero-order chi connectivity index (χ0) is 17.2. The lowest BCUT2D eigenvalue weighted by atomic mass is 10.3. The molecule has 4 rings (SSSR count). The molecule has 0 bridgehead atoms. The molecule has 130 valence electrons. The number of hydrogen-bond acceptors (Lipinski definition) is 6. The van der Waals surface area contributed by atoms with E-state index in [1.165, 1.54) is 4.68 Å². The van der Waals surface area contributed by atoms with Gasteiger partial charge in [0.25, 0.3) is 5.56 Å². The summed E-state index contributed by atoms with van der Waals surface area (Å²) in [5.74, 6) is 0.861. The molecule has 3 aromatic rings. The highest BCUT2D eigenvalue weighted by Crippen LogP contribution is 2.20. The van der Waals surface area contributed by atoms with E-state index in [4.69, 9.17) is 4.98 Å². The van der Waals surface area contributed by atoms with Crippen LogP contribution in [0.2, 0.25) is 0 Å². The molecule has 0 atom stereocenters. The van der Waals surface area contributed by atoms with Gasteiger partial charge in [-0.1, -0.05) is 0 Å². The van der Waals surface area contributed by atoms with E-state index in [0.29, 0.717) is 24.1 Å². The van der Waals surface area contributed by atoms with Crippen LogP contribution < -0.4 is 15.8 Å². The van der Waals surface area contributed by atoms with Crippen molar-refractivity contribution in [2.24, 2.45) is 0 Å². The standard InChI is InChI=1S/C17H21N7O/c1-2-23-15-14(21-17(23)22-9-7-19-8-10-22)11-20-24(16(15)25)12-13-3-5-18-6-4-13/h3-6,11,19H,2,7-10,12H2,1H3. The second-order valence-corrected chi connectivity index (χ2v) is 6.09. The predicted octanol–water partition coefficient (Wildman–Crippen LogP) is 0.466. The number of piperazine rings is 1. The van der Waals surface area contributed by atoms with Crippen LogP contribution in [0, 0.1) is 0 Å². The molecule has 0 saturated carbocycles. The predicted molar refractivity (Wildman–Crippen MR) is 95.9 cm³/mol. The lowest BCUT2D eigenvalue weighted by Gasteiger charge is -2.28. The Morgan fingerprint density at radius 2 is 1.96 bits per heavy atom. The van der Waals surface area contributed by atoms with Gasteiger partial charge >= 0.3 is 0 Å². The Morgan fingerprint density at radius 3 is 2.68 bits per heavy atom. The highest BCUT2D eigenvalue weighted by molar-refractivity contribution is 5.77. The smallest absolute Gasteiger partial charge is 0.293 e. The summed E-state index contributed by atoms with van der Waals surface area (Å²) in [6.45, 7) is 6.80. The third-order valence-electron chi connectivity index (χ3n) is 4.53. The van der Waals surface area contributed by atoms with Gasteiger partial charge in [-0.15, -0.1) is 0 Å². The Morgan fingerprint density at radius 1 is 1.20 bits per heavy atom. The highest BCUT2D eigenvalue weighted by Gasteiger charge is 2.21. The first-order valence-electron chi connectivity index (χ1n) is 8.59. The van der Waals surface area contributed by atoms with Crippen molar-refractivity contribution in [1.82, 2.24) is 29.6 Å². The Balaban J connectivity index is 1.79. The number of fused-ring (bicyclic) bond motifs is 1. The Kier molecular flexibility index (Phi) is 4.19. The molecule has 1 N–H and O–H groups in total. The van der Waals surface area contributed by atoms with E-state index in [-0.39, 0.29) is 5.56 Å². The second kappa shape index (κ2) is 6.64. The summed E-state index contributed by atoms with van der Waals surface area (Å²) >= 11 is 0. The van der Waals surface area contributed by atoms with Gasteiger partial charge in [-0.25, -0.2) is 9.67 Å². The molecule has 25 heavy (non-hydrogen) atoms. The Labute approximate surface area is 145 Å². The average molecular weight is 339 g/mol. The van der Waals surface area contributed by atoms with Crippen molar-refractivity contribution in [3.8, 4) is 0 Å². The molecule has 8 nitrogen and oxygen atoms in total. The highest BCUT2D eigenvalue weighted by atomic mass is 16.1. The van der Waals surface area contributed by atoms with Gasteiger partial charge in [0.2, 0.25) is 5.95 Å². The number of imidazole rings is 1. The van der Waals surface area contributed by atoms with Gasteiger partial charge in [0.05, 0.1) is 12.7 Å². The quantitative estimate of drug-likeness (QED) is 0.744. The van der Waals surface area contributed by atoms with Crippen molar-refractivity contribution < 1.29 is 0 Å². The number of aromatic nitrogens is 5. The number of pyridine rings is 1. The summed E-state index contributed by atoms with van der Waals surface area (Å²) in [6, 6.07) is 3.78. The van der Waals surface area contributed by atoms with Gasteiger partial charge in [-0.3, -0.25) is 9.78 Å². The number of aryl methyl sites for hydroxylation is 1. The van der Waals surface area contributed by atoms with Gasteiger partial charge in [-0.05, 0) is 24.6 Å². The molecule has 1 saturated heterocycles. The van der Waals surface area contributed by atoms with E-state index in [0.717, 1.165) is 37.7 Å². The van der Waals surface area contributed by atoms with Crippen LogP contribution in [0.1, 0.15) is 12.5 Å². The topological polar surface area (TPSA) is 80.9 Å². The first kappa shape index (κ1) is 15.8. The maximum Gasteiger partial charge on any atom is 0.293 e. The summed E-state index contributed by atoms with van der Waals surface area (Å²) in [5, 5.41) is 7.65. The molecule has 0 amide bonds. The van der Waals surface area contributed by atoms with Crippen molar-refractivity contribution in [3.63, 3.8) is 0 Å². The van der Waals surface area contributed by atoms with Gasteiger partial charge in [0, 0.05) is 45.1 Å². The number of rotatable bonds is 4. The molecular weight excluding hydrogens is 318 g/mol. The second-order valence-electron chi connectivity index (χ2n) is 6.09. The molecular formula is C17H21N7O. The molecule has 1 aliphatic heterocycles. The van der Waals surface area contributed by atoms with Gasteiger partial charge in [0.15, 0.2) is 0 Å². The van der Waals surface area contributed by atoms with Crippen molar-refractivity contribution in [2.75, 3.05) is 31.1 Å². The van der Waals surface area contributed by atoms with E-state index < -0.39 is 0 Å². The van der Waals surface area contributed by atoms with Crippen LogP contribution in [-0.4, -0.2) is 50.5 Å². The molecule has 0 radical (unpaired) electrons. The minimum absolute atomic E-state index is 0.106. The van der Waals surface area contributed by atoms with Crippen LogP contribution in [0.3, 0.4) is 0 Å². The van der Waals surface area contributed by atoms with Crippen LogP contribution in [0.25, 0.3) is 11.0 Å². The van der Waals surface area contributed by atoms with Gasteiger partial charge in [0.1, 0.15) is 11.0 Å². The van der Waals surface area contributed by atoms with Gasteiger partial charge < -0.3 is 14.8 Å². The number of nitrogens with one attached hydrogen (secondary N) is 1. The fraction of sp³-hybridized carbons (Fsp3) is 0.412. The first-order valence-corrected chi connectivity index (χ1v) is 8.59. The van der Waals surface area contributed by atoms with E-state index in [1.807, 2.05) is 23.6 Å². The van der Waals surface area contributed by atoms with Crippen LogP contribution in [0.15, 0.2) is 35.5 Å².